The minimum absolute atomic E-state index is 0.254. The van der Waals surface area contributed by atoms with E-state index in [2.05, 4.69) is 46.7 Å². The first-order valence-electron chi connectivity index (χ1n) is 6.57. The first kappa shape index (κ1) is 14.8. The molecule has 5 nitrogen and oxygen atoms in total. The third-order valence-electron chi connectivity index (χ3n) is 2.85. The standard InChI is InChI=1S/C15H13N3O2S2/c1-10-4-6-11(7-5-10)9-21-15-18-17-14(22-15)16-13(19)12-3-2-8-20-12/h2-8H,9H2,1H3,(H,16,17,19). The molecule has 0 saturated carbocycles. The maximum Gasteiger partial charge on any atom is 0.293 e. The van der Waals surface area contributed by atoms with Gasteiger partial charge in [-0.25, -0.2) is 0 Å². The van der Waals surface area contributed by atoms with Crippen molar-refractivity contribution in [3.05, 3.63) is 59.5 Å². The summed E-state index contributed by atoms with van der Waals surface area (Å²) in [5, 5.41) is 11.2. The summed E-state index contributed by atoms with van der Waals surface area (Å²) in [5.41, 5.74) is 2.47. The number of aryl methyl sites for hydroxylation is 1. The van der Waals surface area contributed by atoms with E-state index in [9.17, 15) is 4.79 Å². The highest BCUT2D eigenvalue weighted by atomic mass is 32.2. The van der Waals surface area contributed by atoms with Crippen molar-refractivity contribution in [2.75, 3.05) is 5.32 Å². The first-order chi connectivity index (χ1) is 10.7. The average Bonchev–Trinajstić information content (AvgIpc) is 3.18. The Kier molecular flexibility index (Phi) is 4.55. The molecule has 0 bridgehead atoms. The van der Waals surface area contributed by atoms with Crippen LogP contribution in [0.25, 0.3) is 0 Å². The van der Waals surface area contributed by atoms with Crippen LogP contribution < -0.4 is 5.32 Å². The van der Waals surface area contributed by atoms with E-state index in [1.54, 1.807) is 23.9 Å². The second-order valence-corrected chi connectivity index (χ2v) is 6.78. The third kappa shape index (κ3) is 3.75. The lowest BCUT2D eigenvalue weighted by atomic mass is 10.2. The molecular weight excluding hydrogens is 318 g/mol. The molecule has 1 aromatic carbocycles. The molecule has 0 aliphatic rings. The van der Waals surface area contributed by atoms with Gasteiger partial charge in [-0.05, 0) is 24.6 Å². The van der Waals surface area contributed by atoms with Crippen LogP contribution in [0.2, 0.25) is 0 Å². The molecule has 3 aromatic rings. The minimum Gasteiger partial charge on any atom is -0.459 e. The lowest BCUT2D eigenvalue weighted by Crippen LogP contribution is -2.10. The number of carbonyl (C=O) groups is 1. The number of furan rings is 1. The molecule has 0 saturated heterocycles. The van der Waals surface area contributed by atoms with Gasteiger partial charge in [-0.2, -0.15) is 0 Å². The van der Waals surface area contributed by atoms with Crippen molar-refractivity contribution in [3.8, 4) is 0 Å². The van der Waals surface area contributed by atoms with Gasteiger partial charge in [0.15, 0.2) is 10.1 Å². The molecule has 0 spiro atoms. The fraction of sp³-hybridized carbons (Fsp3) is 0.133. The number of benzene rings is 1. The number of rotatable bonds is 5. The summed E-state index contributed by atoms with van der Waals surface area (Å²) in [6, 6.07) is 11.6. The highest BCUT2D eigenvalue weighted by Crippen LogP contribution is 2.28. The molecule has 0 unspecified atom stereocenters. The Bertz CT molecular complexity index is 751. The van der Waals surface area contributed by atoms with Gasteiger partial charge in [0, 0.05) is 5.75 Å². The second kappa shape index (κ2) is 6.76. The molecule has 7 heteroatoms. The van der Waals surface area contributed by atoms with E-state index in [1.165, 1.54) is 28.7 Å². The molecular formula is C15H13N3O2S2. The maximum atomic E-state index is 11.8. The van der Waals surface area contributed by atoms with E-state index in [4.69, 9.17) is 4.42 Å². The number of nitrogens with one attached hydrogen (secondary N) is 1. The van der Waals surface area contributed by atoms with Gasteiger partial charge < -0.3 is 4.42 Å². The van der Waals surface area contributed by atoms with Gasteiger partial charge in [-0.15, -0.1) is 10.2 Å². The van der Waals surface area contributed by atoms with Crippen LogP contribution in [0.3, 0.4) is 0 Å². The summed E-state index contributed by atoms with van der Waals surface area (Å²) in [7, 11) is 0. The Balaban J connectivity index is 1.57. The van der Waals surface area contributed by atoms with Crippen LogP contribution in [-0.4, -0.2) is 16.1 Å². The number of aromatic nitrogens is 2. The van der Waals surface area contributed by atoms with E-state index in [0.29, 0.717) is 5.13 Å². The van der Waals surface area contributed by atoms with Gasteiger partial charge in [-0.1, -0.05) is 52.9 Å². The van der Waals surface area contributed by atoms with Crippen molar-refractivity contribution in [2.24, 2.45) is 0 Å². The lowest BCUT2D eigenvalue weighted by Gasteiger charge is -1.99. The zero-order valence-electron chi connectivity index (χ0n) is 11.8. The molecule has 0 aliphatic carbocycles. The van der Waals surface area contributed by atoms with E-state index >= 15 is 0 Å². The minimum atomic E-state index is -0.323. The summed E-state index contributed by atoms with van der Waals surface area (Å²) < 4.78 is 5.84. The third-order valence-corrected chi connectivity index (χ3v) is 4.90. The van der Waals surface area contributed by atoms with Crippen LogP contribution in [0.1, 0.15) is 21.7 Å². The SMILES string of the molecule is Cc1ccc(CSc2nnc(NC(=O)c3ccco3)s2)cc1. The Labute approximate surface area is 135 Å². The van der Waals surface area contributed by atoms with Crippen molar-refractivity contribution in [3.63, 3.8) is 0 Å². The Hall–Kier alpha value is -2.12. The highest BCUT2D eigenvalue weighted by Gasteiger charge is 2.12. The summed E-state index contributed by atoms with van der Waals surface area (Å²) in [6.07, 6.45) is 1.46. The van der Waals surface area contributed by atoms with Crippen molar-refractivity contribution in [1.82, 2.24) is 10.2 Å². The van der Waals surface area contributed by atoms with Crippen LogP contribution >= 0.6 is 23.1 Å². The van der Waals surface area contributed by atoms with Gasteiger partial charge in [0.05, 0.1) is 6.26 Å². The zero-order valence-corrected chi connectivity index (χ0v) is 13.4. The van der Waals surface area contributed by atoms with E-state index in [1.807, 2.05) is 0 Å². The predicted molar refractivity (Wildman–Crippen MR) is 87.3 cm³/mol. The van der Waals surface area contributed by atoms with Crippen LogP contribution in [0, 0.1) is 6.92 Å². The largest absolute Gasteiger partial charge is 0.459 e. The number of anilines is 1. The summed E-state index contributed by atoms with van der Waals surface area (Å²) in [5.74, 6) is 0.751. The fourth-order valence-corrected chi connectivity index (χ4v) is 3.42. The van der Waals surface area contributed by atoms with E-state index in [0.717, 1.165) is 10.1 Å². The second-order valence-electron chi connectivity index (χ2n) is 4.58. The number of hydrogen-bond donors (Lipinski definition) is 1. The Morgan fingerprint density at radius 3 is 2.82 bits per heavy atom. The lowest BCUT2D eigenvalue weighted by molar-refractivity contribution is 0.0996. The highest BCUT2D eigenvalue weighted by molar-refractivity contribution is 8.00. The summed E-state index contributed by atoms with van der Waals surface area (Å²) >= 11 is 2.94. The molecule has 1 amide bonds. The van der Waals surface area contributed by atoms with Crippen molar-refractivity contribution in [2.45, 2.75) is 17.0 Å². The smallest absolute Gasteiger partial charge is 0.293 e. The van der Waals surface area contributed by atoms with Gasteiger partial charge in [0.1, 0.15) is 0 Å². The van der Waals surface area contributed by atoms with E-state index in [-0.39, 0.29) is 11.7 Å². The number of hydrogen-bond acceptors (Lipinski definition) is 6. The molecule has 2 aromatic heterocycles. The van der Waals surface area contributed by atoms with Gasteiger partial charge in [0.2, 0.25) is 5.13 Å². The number of amides is 1. The molecule has 0 atom stereocenters. The Morgan fingerprint density at radius 1 is 1.27 bits per heavy atom. The monoisotopic (exact) mass is 331 g/mol. The first-order valence-corrected chi connectivity index (χ1v) is 8.37. The summed E-state index contributed by atoms with van der Waals surface area (Å²) in [6.45, 7) is 2.07. The molecule has 112 valence electrons. The molecule has 2 heterocycles. The van der Waals surface area contributed by atoms with Crippen LogP contribution in [0.5, 0.6) is 0 Å². The number of carbonyl (C=O) groups excluding carboxylic acids is 1. The van der Waals surface area contributed by atoms with E-state index < -0.39 is 0 Å². The zero-order chi connectivity index (χ0) is 15.4. The predicted octanol–water partition coefficient (Wildman–Crippen LogP) is 3.98. The number of thioether (sulfide) groups is 1. The molecule has 0 aliphatic heterocycles. The van der Waals surface area contributed by atoms with Gasteiger partial charge >= 0.3 is 0 Å². The molecule has 1 N–H and O–H groups in total. The molecule has 0 radical (unpaired) electrons. The van der Waals surface area contributed by atoms with Gasteiger partial charge in [-0.3, -0.25) is 10.1 Å². The molecule has 0 fully saturated rings. The van der Waals surface area contributed by atoms with Crippen molar-refractivity contribution < 1.29 is 9.21 Å². The topological polar surface area (TPSA) is 68.0 Å². The number of nitrogens with zero attached hydrogens (tertiary/aromatic N) is 2. The molecule has 22 heavy (non-hydrogen) atoms. The van der Waals surface area contributed by atoms with Crippen LogP contribution in [0.4, 0.5) is 5.13 Å². The average molecular weight is 331 g/mol. The van der Waals surface area contributed by atoms with Crippen molar-refractivity contribution in [1.29, 1.82) is 0 Å². The quantitative estimate of drug-likeness (QED) is 0.565. The molecule has 3 rings (SSSR count). The van der Waals surface area contributed by atoms with Crippen LogP contribution in [-0.2, 0) is 5.75 Å². The van der Waals surface area contributed by atoms with Crippen LogP contribution in [0.15, 0.2) is 51.4 Å². The maximum absolute atomic E-state index is 11.8. The van der Waals surface area contributed by atoms with Crippen molar-refractivity contribution >= 4 is 34.1 Å². The normalized spacial score (nSPS) is 10.6. The Morgan fingerprint density at radius 2 is 2.09 bits per heavy atom. The van der Waals surface area contributed by atoms with Gasteiger partial charge in [0.25, 0.3) is 5.91 Å². The fourth-order valence-electron chi connectivity index (χ4n) is 1.71. The summed E-state index contributed by atoms with van der Waals surface area (Å²) in [4.78, 5) is 11.8.